The first-order valence-electron chi connectivity index (χ1n) is 8.46. The van der Waals surface area contributed by atoms with Crippen molar-refractivity contribution in [3.63, 3.8) is 0 Å². The summed E-state index contributed by atoms with van der Waals surface area (Å²) in [6, 6.07) is 5.81. The molecule has 1 N–H and O–H groups in total. The number of hydrogen-bond acceptors (Lipinski definition) is 6. The number of nitrogens with zero attached hydrogens (tertiary/aromatic N) is 3. The van der Waals surface area contributed by atoms with E-state index in [2.05, 4.69) is 15.2 Å². The van der Waals surface area contributed by atoms with E-state index in [1.54, 1.807) is 7.11 Å². The molecule has 2 aliphatic heterocycles. The molecule has 0 unspecified atom stereocenters. The van der Waals surface area contributed by atoms with E-state index < -0.39 is 0 Å². The molecule has 132 valence electrons. The Balaban J connectivity index is 1.55. The van der Waals surface area contributed by atoms with Crippen molar-refractivity contribution >= 4 is 11.7 Å². The summed E-state index contributed by atoms with van der Waals surface area (Å²) < 4.78 is 10.7. The quantitative estimate of drug-likeness (QED) is 0.833. The van der Waals surface area contributed by atoms with Gasteiger partial charge in [-0.2, -0.15) is 0 Å². The Labute approximate surface area is 142 Å². The third-order valence-electron chi connectivity index (χ3n) is 4.72. The number of rotatable bonds is 5. The Hall–Kier alpha value is -1.70. The molecular formula is C17H26N4O3. The fraction of sp³-hybridized carbons (Fsp3) is 0.647. The summed E-state index contributed by atoms with van der Waals surface area (Å²) in [7, 11) is 3.65. The normalized spacial score (nSPS) is 25.0. The number of likely N-dealkylation sites (N-methyl/N-ethyl adjacent to an activating group) is 1. The van der Waals surface area contributed by atoms with Gasteiger partial charge in [-0.25, -0.2) is 4.98 Å². The lowest BCUT2D eigenvalue weighted by Gasteiger charge is -2.28. The van der Waals surface area contributed by atoms with Crippen LogP contribution in [0.2, 0.25) is 0 Å². The zero-order chi connectivity index (χ0) is 16.9. The zero-order valence-corrected chi connectivity index (χ0v) is 14.4. The van der Waals surface area contributed by atoms with Crippen molar-refractivity contribution < 1.29 is 14.3 Å². The van der Waals surface area contributed by atoms with E-state index in [-0.39, 0.29) is 18.1 Å². The Bertz CT molecular complexity index is 563. The van der Waals surface area contributed by atoms with E-state index in [0.717, 1.165) is 50.8 Å². The van der Waals surface area contributed by atoms with Gasteiger partial charge in [0.1, 0.15) is 5.82 Å². The van der Waals surface area contributed by atoms with Crippen LogP contribution in [0.3, 0.4) is 0 Å². The van der Waals surface area contributed by atoms with Crippen molar-refractivity contribution in [1.82, 2.24) is 15.2 Å². The number of carbonyl (C=O) groups is 1. The SMILES string of the molecule is CO[C@H]1C[C@@H](C(=O)NCc2cccc(N3CCOCC3)n2)N(C)C1. The summed E-state index contributed by atoms with van der Waals surface area (Å²) >= 11 is 0. The van der Waals surface area contributed by atoms with Crippen LogP contribution >= 0.6 is 0 Å². The predicted molar refractivity (Wildman–Crippen MR) is 90.9 cm³/mol. The van der Waals surface area contributed by atoms with Crippen LogP contribution in [0.25, 0.3) is 0 Å². The zero-order valence-electron chi connectivity index (χ0n) is 14.4. The van der Waals surface area contributed by atoms with Crippen molar-refractivity contribution in [3.05, 3.63) is 23.9 Å². The molecule has 7 heteroatoms. The third kappa shape index (κ3) is 4.03. The Morgan fingerprint density at radius 1 is 1.42 bits per heavy atom. The molecule has 7 nitrogen and oxygen atoms in total. The number of carbonyl (C=O) groups excluding carboxylic acids is 1. The van der Waals surface area contributed by atoms with Crippen molar-refractivity contribution in [1.29, 1.82) is 0 Å². The van der Waals surface area contributed by atoms with Crippen molar-refractivity contribution in [2.45, 2.75) is 25.1 Å². The van der Waals surface area contributed by atoms with Crippen LogP contribution in [-0.2, 0) is 20.8 Å². The Morgan fingerprint density at radius 3 is 2.92 bits per heavy atom. The number of anilines is 1. The standard InChI is InChI=1S/C17H26N4O3/c1-20-12-14(23-2)10-15(20)17(22)18-11-13-4-3-5-16(19-13)21-6-8-24-9-7-21/h3-5,14-15H,6-12H2,1-2H3,(H,18,22)/t14-,15-/m0/s1. The van der Waals surface area contributed by atoms with Gasteiger partial charge >= 0.3 is 0 Å². The molecule has 0 spiro atoms. The van der Waals surface area contributed by atoms with Gasteiger partial charge in [-0.1, -0.05) is 6.07 Å². The third-order valence-corrected chi connectivity index (χ3v) is 4.72. The van der Waals surface area contributed by atoms with Gasteiger partial charge in [0.2, 0.25) is 5.91 Å². The van der Waals surface area contributed by atoms with Gasteiger partial charge in [0, 0.05) is 26.7 Å². The number of morpholine rings is 1. The molecule has 3 rings (SSSR count). The summed E-state index contributed by atoms with van der Waals surface area (Å²) in [5, 5.41) is 3.00. The van der Waals surface area contributed by atoms with Crippen molar-refractivity contribution in [3.8, 4) is 0 Å². The number of ether oxygens (including phenoxy) is 2. The highest BCUT2D eigenvalue weighted by Gasteiger charge is 2.34. The van der Waals surface area contributed by atoms with E-state index >= 15 is 0 Å². The molecule has 0 aromatic carbocycles. The van der Waals surface area contributed by atoms with Crippen LogP contribution < -0.4 is 10.2 Å². The lowest BCUT2D eigenvalue weighted by molar-refractivity contribution is -0.125. The second kappa shape index (κ2) is 7.92. The molecule has 1 aromatic rings. The summed E-state index contributed by atoms with van der Waals surface area (Å²) in [6.07, 6.45) is 0.869. The van der Waals surface area contributed by atoms with Crippen molar-refractivity contribution in [2.75, 3.05) is 51.9 Å². The first kappa shape index (κ1) is 17.1. The van der Waals surface area contributed by atoms with Crippen LogP contribution in [0, 0.1) is 0 Å². The van der Waals surface area contributed by atoms with E-state index in [1.807, 2.05) is 30.1 Å². The minimum Gasteiger partial charge on any atom is -0.380 e. The van der Waals surface area contributed by atoms with Gasteiger partial charge in [-0.05, 0) is 25.6 Å². The van der Waals surface area contributed by atoms with E-state index in [0.29, 0.717) is 6.54 Å². The maximum absolute atomic E-state index is 12.4. The van der Waals surface area contributed by atoms with Gasteiger partial charge in [0.05, 0.1) is 37.6 Å². The highest BCUT2D eigenvalue weighted by molar-refractivity contribution is 5.82. The molecule has 2 fully saturated rings. The number of pyridine rings is 1. The largest absolute Gasteiger partial charge is 0.380 e. The number of hydrogen-bond donors (Lipinski definition) is 1. The molecule has 0 radical (unpaired) electrons. The van der Waals surface area contributed by atoms with Crippen LogP contribution in [0.15, 0.2) is 18.2 Å². The molecule has 2 saturated heterocycles. The molecule has 24 heavy (non-hydrogen) atoms. The maximum atomic E-state index is 12.4. The van der Waals surface area contributed by atoms with E-state index in [4.69, 9.17) is 9.47 Å². The van der Waals surface area contributed by atoms with Crippen LogP contribution in [-0.4, -0.2) is 74.9 Å². The van der Waals surface area contributed by atoms with Crippen LogP contribution in [0.1, 0.15) is 12.1 Å². The van der Waals surface area contributed by atoms with Gasteiger partial charge in [0.25, 0.3) is 0 Å². The Morgan fingerprint density at radius 2 is 2.21 bits per heavy atom. The highest BCUT2D eigenvalue weighted by Crippen LogP contribution is 2.18. The van der Waals surface area contributed by atoms with Crippen LogP contribution in [0.4, 0.5) is 5.82 Å². The molecule has 2 atom stereocenters. The van der Waals surface area contributed by atoms with Crippen LogP contribution in [0.5, 0.6) is 0 Å². The summed E-state index contributed by atoms with van der Waals surface area (Å²) in [5.41, 5.74) is 0.872. The monoisotopic (exact) mass is 334 g/mol. The molecule has 1 aromatic heterocycles. The minimum atomic E-state index is -0.127. The molecule has 0 saturated carbocycles. The summed E-state index contributed by atoms with van der Waals surface area (Å²) in [6.45, 7) is 4.41. The van der Waals surface area contributed by atoms with Crippen molar-refractivity contribution in [2.24, 2.45) is 0 Å². The lowest BCUT2D eigenvalue weighted by atomic mass is 10.2. The maximum Gasteiger partial charge on any atom is 0.237 e. The number of aromatic nitrogens is 1. The molecule has 3 heterocycles. The minimum absolute atomic E-state index is 0.0376. The van der Waals surface area contributed by atoms with Gasteiger partial charge in [-0.3, -0.25) is 9.69 Å². The molecule has 0 aliphatic carbocycles. The van der Waals surface area contributed by atoms with Gasteiger partial charge in [0.15, 0.2) is 0 Å². The topological polar surface area (TPSA) is 66.9 Å². The van der Waals surface area contributed by atoms with E-state index in [9.17, 15) is 4.79 Å². The summed E-state index contributed by atoms with van der Waals surface area (Å²) in [5.74, 6) is 0.984. The molecular weight excluding hydrogens is 308 g/mol. The van der Waals surface area contributed by atoms with Gasteiger partial charge < -0.3 is 19.7 Å². The number of amides is 1. The second-order valence-electron chi connectivity index (χ2n) is 6.35. The molecule has 0 bridgehead atoms. The number of nitrogens with one attached hydrogen (secondary N) is 1. The second-order valence-corrected chi connectivity index (χ2v) is 6.35. The average Bonchev–Trinajstić information content (AvgIpc) is 3.02. The highest BCUT2D eigenvalue weighted by atomic mass is 16.5. The fourth-order valence-electron chi connectivity index (χ4n) is 3.26. The first-order valence-corrected chi connectivity index (χ1v) is 8.46. The lowest BCUT2D eigenvalue weighted by Crippen LogP contribution is -2.41. The molecule has 1 amide bonds. The Kier molecular flexibility index (Phi) is 5.65. The average molecular weight is 334 g/mol. The first-order chi connectivity index (χ1) is 11.7. The number of methoxy groups -OCH3 is 1. The summed E-state index contributed by atoms with van der Waals surface area (Å²) in [4.78, 5) is 21.3. The smallest absolute Gasteiger partial charge is 0.237 e. The van der Waals surface area contributed by atoms with Gasteiger partial charge in [-0.15, -0.1) is 0 Å². The van der Waals surface area contributed by atoms with E-state index in [1.165, 1.54) is 0 Å². The fourth-order valence-corrected chi connectivity index (χ4v) is 3.26. The predicted octanol–water partition coefficient (Wildman–Crippen LogP) is 0.254. The number of likely N-dealkylation sites (tertiary alicyclic amines) is 1. The molecule has 2 aliphatic rings.